The molecule has 0 aromatic rings. The molecule has 0 aliphatic rings. The average molecular weight is 162 g/mol. The molecule has 0 heterocycles. The summed E-state index contributed by atoms with van der Waals surface area (Å²) < 4.78 is 0. The van der Waals surface area contributed by atoms with Crippen LogP contribution >= 0.6 is 12.6 Å². The maximum atomic E-state index is 10.6. The van der Waals surface area contributed by atoms with Crippen molar-refractivity contribution in [1.82, 2.24) is 10.6 Å². The van der Waals surface area contributed by atoms with Gasteiger partial charge in [0.1, 0.15) is 0 Å². The smallest absolute Gasteiger partial charge is 0.240 e. The summed E-state index contributed by atoms with van der Waals surface area (Å²) in [5, 5.41) is 4.76. The molecule has 0 aliphatic carbocycles. The summed E-state index contributed by atoms with van der Waals surface area (Å²) in [4.78, 5) is 20.8. The van der Waals surface area contributed by atoms with E-state index >= 15 is 0 Å². The maximum absolute atomic E-state index is 10.6. The molecule has 0 saturated carbocycles. The number of carbonyl (C=O) groups excluding carboxylic acids is 2. The molecule has 4 nitrogen and oxygen atoms in total. The number of rotatable bonds is 3. The lowest BCUT2D eigenvalue weighted by Crippen LogP contribution is -2.35. The van der Waals surface area contributed by atoms with E-state index in [1.165, 1.54) is 6.92 Å². The highest BCUT2D eigenvalue weighted by molar-refractivity contribution is 7.80. The Morgan fingerprint density at radius 3 is 2.40 bits per heavy atom. The summed E-state index contributed by atoms with van der Waals surface area (Å²) in [5.41, 5.74) is 0. The van der Waals surface area contributed by atoms with E-state index in [9.17, 15) is 9.59 Å². The molecular weight excluding hydrogens is 152 g/mol. The van der Waals surface area contributed by atoms with Gasteiger partial charge in [-0.3, -0.25) is 9.59 Å². The average Bonchev–Trinajstić information content (AvgIpc) is 1.85. The molecule has 2 N–H and O–H groups in total. The van der Waals surface area contributed by atoms with Gasteiger partial charge in [0.05, 0.1) is 12.4 Å². The summed E-state index contributed by atoms with van der Waals surface area (Å²) in [6.45, 7) is 1.38. The molecule has 0 aromatic carbocycles. The van der Waals surface area contributed by atoms with E-state index in [1.807, 2.05) is 0 Å². The molecule has 0 radical (unpaired) electrons. The van der Waals surface area contributed by atoms with Gasteiger partial charge in [0, 0.05) is 6.92 Å². The van der Waals surface area contributed by atoms with Gasteiger partial charge in [-0.1, -0.05) is 0 Å². The van der Waals surface area contributed by atoms with Gasteiger partial charge in [-0.2, -0.15) is 12.6 Å². The van der Waals surface area contributed by atoms with Gasteiger partial charge in [0.25, 0.3) is 0 Å². The zero-order valence-electron chi connectivity index (χ0n) is 5.68. The number of carbonyl (C=O) groups is 2. The minimum Gasteiger partial charge on any atom is -0.347 e. The second kappa shape index (κ2) is 5.10. The topological polar surface area (TPSA) is 58.2 Å². The lowest BCUT2D eigenvalue weighted by atomic mass is 10.5. The van der Waals surface area contributed by atoms with Crippen molar-refractivity contribution in [3.05, 3.63) is 0 Å². The highest BCUT2D eigenvalue weighted by atomic mass is 32.1. The molecule has 0 unspecified atom stereocenters. The Hall–Kier alpha value is -0.710. The third kappa shape index (κ3) is 5.43. The molecule has 0 fully saturated rings. The van der Waals surface area contributed by atoms with E-state index in [2.05, 4.69) is 23.3 Å². The van der Waals surface area contributed by atoms with Gasteiger partial charge < -0.3 is 10.6 Å². The van der Waals surface area contributed by atoms with Gasteiger partial charge in [-0.05, 0) is 0 Å². The van der Waals surface area contributed by atoms with Crippen LogP contribution in [0.5, 0.6) is 0 Å². The van der Waals surface area contributed by atoms with E-state index in [0.717, 1.165) is 0 Å². The summed E-state index contributed by atoms with van der Waals surface area (Å²) in [5.74, 6) is -0.155. The van der Waals surface area contributed by atoms with Crippen molar-refractivity contribution in [3.8, 4) is 0 Å². The normalized spacial score (nSPS) is 8.60. The first kappa shape index (κ1) is 9.29. The second-order valence-corrected chi connectivity index (χ2v) is 1.98. The minimum absolute atomic E-state index is 0.0237. The van der Waals surface area contributed by atoms with Gasteiger partial charge in [-0.25, -0.2) is 0 Å². The number of hydrogen-bond acceptors (Lipinski definition) is 3. The minimum atomic E-state index is -0.231. The van der Waals surface area contributed by atoms with E-state index in [1.54, 1.807) is 0 Å². The van der Waals surface area contributed by atoms with Crippen LogP contribution < -0.4 is 10.6 Å². The molecule has 5 heteroatoms. The zero-order valence-corrected chi connectivity index (χ0v) is 6.57. The Balaban J connectivity index is 3.30. The fourth-order valence-electron chi connectivity index (χ4n) is 0.355. The predicted octanol–water partition coefficient (Wildman–Crippen LogP) is -0.874. The van der Waals surface area contributed by atoms with Crippen molar-refractivity contribution >= 4 is 24.4 Å². The van der Waals surface area contributed by atoms with Gasteiger partial charge >= 0.3 is 0 Å². The molecule has 0 spiro atoms. The molecule has 0 atom stereocenters. The van der Waals surface area contributed by atoms with Crippen molar-refractivity contribution in [2.24, 2.45) is 0 Å². The van der Waals surface area contributed by atoms with Crippen molar-refractivity contribution < 1.29 is 9.59 Å². The molecule has 10 heavy (non-hydrogen) atoms. The maximum Gasteiger partial charge on any atom is 0.240 e. The van der Waals surface area contributed by atoms with Crippen LogP contribution in [0.2, 0.25) is 0 Å². The Morgan fingerprint density at radius 1 is 1.40 bits per heavy atom. The van der Waals surface area contributed by atoms with Crippen LogP contribution in [0.25, 0.3) is 0 Å². The standard InChI is InChI=1S/C5H10N2O2S/c1-4(8)6-2-5(9)7-3-10/h10H,2-3H2,1H3,(H,6,8)(H,7,9). The van der Waals surface area contributed by atoms with Crippen molar-refractivity contribution in [2.45, 2.75) is 6.92 Å². The van der Waals surface area contributed by atoms with Crippen molar-refractivity contribution in [3.63, 3.8) is 0 Å². The Bertz CT molecular complexity index is 138. The molecule has 0 bridgehead atoms. The van der Waals surface area contributed by atoms with Gasteiger partial charge in [0.15, 0.2) is 0 Å². The predicted molar refractivity (Wildman–Crippen MR) is 40.7 cm³/mol. The first-order chi connectivity index (χ1) is 4.66. The van der Waals surface area contributed by atoms with Crippen LogP contribution in [0.3, 0.4) is 0 Å². The van der Waals surface area contributed by atoms with Crippen LogP contribution in [0.1, 0.15) is 6.92 Å². The first-order valence-corrected chi connectivity index (χ1v) is 3.42. The molecule has 2 amide bonds. The quantitative estimate of drug-likeness (QED) is 0.373. The lowest BCUT2D eigenvalue weighted by molar-refractivity contribution is -0.124. The molecule has 0 saturated heterocycles. The number of hydrogen-bond donors (Lipinski definition) is 3. The largest absolute Gasteiger partial charge is 0.347 e. The monoisotopic (exact) mass is 162 g/mol. The number of amides is 2. The van der Waals surface area contributed by atoms with E-state index in [4.69, 9.17) is 0 Å². The zero-order chi connectivity index (χ0) is 7.98. The van der Waals surface area contributed by atoms with Crippen LogP contribution in [-0.2, 0) is 9.59 Å². The summed E-state index contributed by atoms with van der Waals surface area (Å²) in [6, 6.07) is 0. The van der Waals surface area contributed by atoms with Crippen LogP contribution in [-0.4, -0.2) is 24.2 Å². The second-order valence-electron chi connectivity index (χ2n) is 1.67. The highest BCUT2D eigenvalue weighted by Crippen LogP contribution is 1.67. The fourth-order valence-corrected chi connectivity index (χ4v) is 0.532. The SMILES string of the molecule is CC(=O)NCC(=O)NCS. The van der Waals surface area contributed by atoms with Crippen LogP contribution in [0, 0.1) is 0 Å². The summed E-state index contributed by atoms with van der Waals surface area (Å²) in [7, 11) is 0. The lowest BCUT2D eigenvalue weighted by Gasteiger charge is -2.00. The summed E-state index contributed by atoms with van der Waals surface area (Å²) >= 11 is 3.76. The Kier molecular flexibility index (Phi) is 4.74. The van der Waals surface area contributed by atoms with E-state index in [0.29, 0.717) is 5.88 Å². The number of thiol groups is 1. The third-order valence-electron chi connectivity index (χ3n) is 0.774. The Labute approximate surface area is 64.8 Å². The van der Waals surface area contributed by atoms with Crippen LogP contribution in [0.4, 0.5) is 0 Å². The first-order valence-electron chi connectivity index (χ1n) is 2.79. The van der Waals surface area contributed by atoms with Crippen molar-refractivity contribution in [2.75, 3.05) is 12.4 Å². The Morgan fingerprint density at radius 2 is 2.00 bits per heavy atom. The summed E-state index contributed by atoms with van der Waals surface area (Å²) in [6.07, 6.45) is 0. The van der Waals surface area contributed by atoms with E-state index < -0.39 is 0 Å². The molecule has 0 rings (SSSR count). The molecule has 0 aromatic heterocycles. The molecule has 58 valence electrons. The van der Waals surface area contributed by atoms with Crippen LogP contribution in [0.15, 0.2) is 0 Å². The van der Waals surface area contributed by atoms with E-state index in [-0.39, 0.29) is 18.4 Å². The van der Waals surface area contributed by atoms with Gasteiger partial charge in [-0.15, -0.1) is 0 Å². The number of nitrogens with one attached hydrogen (secondary N) is 2. The molecule has 0 aliphatic heterocycles. The third-order valence-corrected chi connectivity index (χ3v) is 0.932. The van der Waals surface area contributed by atoms with Gasteiger partial charge in [0.2, 0.25) is 11.8 Å². The fraction of sp³-hybridized carbons (Fsp3) is 0.600. The molecular formula is C5H10N2O2S. The van der Waals surface area contributed by atoms with Crippen molar-refractivity contribution in [1.29, 1.82) is 0 Å². The highest BCUT2D eigenvalue weighted by Gasteiger charge is 1.97.